The Morgan fingerprint density at radius 3 is 2.39 bits per heavy atom. The van der Waals surface area contributed by atoms with Crippen molar-refractivity contribution >= 4 is 23.4 Å². The van der Waals surface area contributed by atoms with Crippen LogP contribution in [-0.4, -0.2) is 62.0 Å². The molecule has 0 aromatic heterocycles. The molecule has 38 heavy (non-hydrogen) atoms. The highest BCUT2D eigenvalue weighted by Gasteiger charge is 2.53. The monoisotopic (exact) mass is 511 g/mol. The van der Waals surface area contributed by atoms with Crippen molar-refractivity contribution in [3.63, 3.8) is 0 Å². The minimum atomic E-state index is -1.15. The molecule has 9 heteroatoms. The van der Waals surface area contributed by atoms with Crippen LogP contribution in [0.25, 0.3) is 11.1 Å². The topological polar surface area (TPSA) is 141 Å². The molecule has 3 N–H and O–H groups in total. The molecule has 0 bridgehead atoms. The first-order chi connectivity index (χ1) is 18.1. The zero-order chi connectivity index (χ0) is 26.7. The van der Waals surface area contributed by atoms with Gasteiger partial charge in [-0.1, -0.05) is 18.2 Å². The lowest BCUT2D eigenvalue weighted by atomic mass is 9.75. The van der Waals surface area contributed by atoms with Gasteiger partial charge in [-0.2, -0.15) is 0 Å². The van der Waals surface area contributed by atoms with Gasteiger partial charge in [-0.15, -0.1) is 0 Å². The van der Waals surface area contributed by atoms with E-state index in [0.717, 1.165) is 11.1 Å². The number of phenols is 2. The molecular formula is C29H21NO8. The van der Waals surface area contributed by atoms with E-state index < -0.39 is 35.2 Å². The average molecular weight is 511 g/mol. The molecule has 3 aromatic rings. The maximum absolute atomic E-state index is 13.6. The number of nitrogens with zero attached hydrogens (tertiary/aromatic N) is 1. The smallest absolute Gasteiger partial charge is 0.328 e. The van der Waals surface area contributed by atoms with Crippen LogP contribution in [0.15, 0.2) is 36.4 Å². The van der Waals surface area contributed by atoms with E-state index in [1.165, 1.54) is 23.1 Å². The van der Waals surface area contributed by atoms with E-state index in [2.05, 4.69) is 0 Å². The average Bonchev–Trinajstić information content (AvgIpc) is 3.23. The third-order valence-corrected chi connectivity index (χ3v) is 8.26. The Morgan fingerprint density at radius 2 is 1.63 bits per heavy atom. The fraction of sp³-hybridized carbons (Fsp3) is 0.241. The van der Waals surface area contributed by atoms with E-state index in [-0.39, 0.29) is 40.4 Å². The summed E-state index contributed by atoms with van der Waals surface area (Å²) in [4.78, 5) is 53.4. The predicted molar refractivity (Wildman–Crippen MR) is 132 cm³/mol. The van der Waals surface area contributed by atoms with Crippen molar-refractivity contribution in [3.05, 3.63) is 80.9 Å². The van der Waals surface area contributed by atoms with Crippen molar-refractivity contribution in [1.82, 2.24) is 4.90 Å². The van der Waals surface area contributed by atoms with Crippen molar-refractivity contribution in [2.45, 2.75) is 38.0 Å². The molecule has 1 saturated heterocycles. The van der Waals surface area contributed by atoms with Crippen LogP contribution >= 0.6 is 0 Å². The van der Waals surface area contributed by atoms with Gasteiger partial charge < -0.3 is 20.1 Å². The SMILES string of the molecule is C[C@@]12Cc3cc4c(cc3C(=O)N1[C@@H](C(=O)O)CO2)-c1c(cc2c(c1O)C(=O)c1cccc(O)c1C2=O)CC4. The van der Waals surface area contributed by atoms with Crippen LogP contribution in [0.2, 0.25) is 0 Å². The number of rotatable bonds is 1. The molecule has 7 rings (SSSR count). The zero-order valence-corrected chi connectivity index (χ0v) is 20.2. The number of aromatic hydroxyl groups is 2. The van der Waals surface area contributed by atoms with Gasteiger partial charge in [0, 0.05) is 28.7 Å². The van der Waals surface area contributed by atoms with Gasteiger partial charge in [0.1, 0.15) is 17.2 Å². The van der Waals surface area contributed by atoms with E-state index in [1.807, 2.05) is 6.07 Å². The fourth-order valence-electron chi connectivity index (χ4n) is 6.51. The van der Waals surface area contributed by atoms with Crippen LogP contribution in [0.3, 0.4) is 0 Å². The summed E-state index contributed by atoms with van der Waals surface area (Å²) in [5.41, 5.74) is 2.29. The van der Waals surface area contributed by atoms with Crippen LogP contribution in [0.5, 0.6) is 11.5 Å². The number of carboxylic acids is 1. The van der Waals surface area contributed by atoms with E-state index in [9.17, 15) is 34.5 Å². The minimum absolute atomic E-state index is 0.0161. The predicted octanol–water partition coefficient (Wildman–Crippen LogP) is 2.84. The van der Waals surface area contributed by atoms with Crippen molar-refractivity contribution in [3.8, 4) is 22.6 Å². The molecule has 2 heterocycles. The van der Waals surface area contributed by atoms with E-state index in [1.54, 1.807) is 19.1 Å². The second kappa shape index (κ2) is 7.29. The lowest BCUT2D eigenvalue weighted by Gasteiger charge is -2.40. The fourth-order valence-corrected chi connectivity index (χ4v) is 6.51. The molecule has 2 atom stereocenters. The third-order valence-electron chi connectivity index (χ3n) is 8.26. The second-order valence-corrected chi connectivity index (χ2v) is 10.4. The first kappa shape index (κ1) is 22.7. The van der Waals surface area contributed by atoms with Crippen molar-refractivity contribution in [1.29, 1.82) is 0 Å². The van der Waals surface area contributed by atoms with Crippen molar-refractivity contribution in [2.24, 2.45) is 0 Å². The summed E-state index contributed by atoms with van der Waals surface area (Å²) in [7, 11) is 0. The van der Waals surface area contributed by atoms with Gasteiger partial charge in [-0.25, -0.2) is 4.79 Å². The van der Waals surface area contributed by atoms with Gasteiger partial charge >= 0.3 is 5.97 Å². The summed E-state index contributed by atoms with van der Waals surface area (Å²) in [6.07, 6.45) is 1.39. The summed E-state index contributed by atoms with van der Waals surface area (Å²) >= 11 is 0. The number of ether oxygens (including phenoxy) is 1. The lowest BCUT2D eigenvalue weighted by molar-refractivity contribution is -0.142. The molecule has 190 valence electrons. The molecule has 9 nitrogen and oxygen atoms in total. The molecule has 2 aliphatic carbocycles. The van der Waals surface area contributed by atoms with Gasteiger partial charge in [-0.3, -0.25) is 19.3 Å². The number of amides is 1. The van der Waals surface area contributed by atoms with Crippen LogP contribution in [0.1, 0.15) is 65.8 Å². The number of fused-ring (bicyclic) bond motifs is 7. The van der Waals surface area contributed by atoms with Gasteiger partial charge in [0.2, 0.25) is 0 Å². The molecule has 0 saturated carbocycles. The number of hydrogen-bond donors (Lipinski definition) is 3. The van der Waals surface area contributed by atoms with Crippen molar-refractivity contribution < 1.29 is 39.2 Å². The quantitative estimate of drug-likeness (QED) is 0.354. The normalized spacial score (nSPS) is 22.7. The Morgan fingerprint density at radius 1 is 0.895 bits per heavy atom. The summed E-state index contributed by atoms with van der Waals surface area (Å²) in [6.45, 7) is 1.61. The Hall–Kier alpha value is -4.50. The molecule has 0 unspecified atom stereocenters. The first-order valence-electron chi connectivity index (χ1n) is 12.3. The number of carbonyl (C=O) groups is 4. The molecular weight excluding hydrogens is 490 g/mol. The number of carboxylic acid groups (broad SMARTS) is 1. The number of carbonyl (C=O) groups excluding carboxylic acids is 3. The van der Waals surface area contributed by atoms with Crippen LogP contribution in [0, 0.1) is 0 Å². The van der Waals surface area contributed by atoms with E-state index in [0.29, 0.717) is 41.5 Å². The number of hydrogen-bond acceptors (Lipinski definition) is 7. The number of ketones is 2. The molecule has 1 amide bonds. The molecule has 0 radical (unpaired) electrons. The highest BCUT2D eigenvalue weighted by molar-refractivity contribution is 6.30. The van der Waals surface area contributed by atoms with E-state index in [4.69, 9.17) is 4.74 Å². The number of phenolic OH excluding ortho intramolecular Hbond substituents is 2. The lowest BCUT2D eigenvalue weighted by Crippen LogP contribution is -2.56. The molecule has 3 aromatic carbocycles. The number of aryl methyl sites for hydroxylation is 2. The first-order valence-corrected chi connectivity index (χ1v) is 12.3. The number of aliphatic carboxylic acids is 1. The second-order valence-electron chi connectivity index (χ2n) is 10.4. The van der Waals surface area contributed by atoms with Gasteiger partial charge in [0.25, 0.3) is 5.91 Å². The highest BCUT2D eigenvalue weighted by atomic mass is 16.5. The van der Waals surface area contributed by atoms with E-state index >= 15 is 0 Å². The third kappa shape index (κ3) is 2.74. The van der Waals surface area contributed by atoms with Crippen LogP contribution in [0.4, 0.5) is 0 Å². The Labute approximate surface area is 215 Å². The minimum Gasteiger partial charge on any atom is -0.507 e. The molecule has 2 aliphatic heterocycles. The maximum atomic E-state index is 13.6. The van der Waals surface area contributed by atoms with Crippen molar-refractivity contribution in [2.75, 3.05) is 6.61 Å². The summed E-state index contributed by atoms with van der Waals surface area (Å²) in [5, 5.41) is 31.4. The highest BCUT2D eigenvalue weighted by Crippen LogP contribution is 2.48. The summed E-state index contributed by atoms with van der Waals surface area (Å²) < 4.78 is 5.78. The largest absolute Gasteiger partial charge is 0.507 e. The van der Waals surface area contributed by atoms with Crippen LogP contribution in [-0.2, 0) is 28.8 Å². The number of benzene rings is 3. The Bertz CT molecular complexity index is 1690. The van der Waals surface area contributed by atoms with Crippen LogP contribution < -0.4 is 0 Å². The summed E-state index contributed by atoms with van der Waals surface area (Å²) in [5.74, 6) is -3.36. The van der Waals surface area contributed by atoms with Gasteiger partial charge in [-0.05, 0) is 60.2 Å². The zero-order valence-electron chi connectivity index (χ0n) is 20.2. The molecule has 0 spiro atoms. The molecule has 4 aliphatic rings. The standard InChI is InChI=1S/C29H21NO8/c1-29-10-14-7-12-5-6-13-8-18-23(24(32)15-3-2-4-20(31)22(15)25(18)33)26(34)21(13)16(12)9-17(14)27(35)30(29)19(11-38-29)28(36)37/h2-4,7-9,19,31,34H,5-6,10-11H2,1H3,(H,36,37)/t19-,29-/m1/s1. The molecule has 1 fully saturated rings. The Kier molecular flexibility index (Phi) is 4.35. The maximum Gasteiger partial charge on any atom is 0.328 e. The summed E-state index contributed by atoms with van der Waals surface area (Å²) in [6, 6.07) is 8.28. The van der Waals surface area contributed by atoms with Gasteiger partial charge in [0.05, 0.1) is 17.7 Å². The Balaban J connectivity index is 1.41. The van der Waals surface area contributed by atoms with Gasteiger partial charge in [0.15, 0.2) is 17.6 Å².